The monoisotopic (exact) mass is 250 g/mol. The van der Waals surface area contributed by atoms with E-state index < -0.39 is 7.12 Å². The summed E-state index contributed by atoms with van der Waals surface area (Å²) in [5.74, 6) is 0. The molecule has 1 saturated heterocycles. The van der Waals surface area contributed by atoms with Crippen molar-refractivity contribution in [3.05, 3.63) is 24.0 Å². The molecule has 0 saturated carbocycles. The third-order valence-corrected chi connectivity index (χ3v) is 3.16. The van der Waals surface area contributed by atoms with Gasteiger partial charge in [-0.1, -0.05) is 6.07 Å². The van der Waals surface area contributed by atoms with Gasteiger partial charge in [-0.2, -0.15) is 0 Å². The van der Waals surface area contributed by atoms with Gasteiger partial charge in [0, 0.05) is 30.4 Å². The van der Waals surface area contributed by atoms with Gasteiger partial charge in [0.1, 0.15) is 0 Å². The first-order valence-corrected chi connectivity index (χ1v) is 6.37. The van der Waals surface area contributed by atoms with E-state index in [1.807, 2.05) is 6.07 Å². The molecule has 0 radical (unpaired) electrons. The molecule has 0 atom stereocenters. The summed E-state index contributed by atoms with van der Waals surface area (Å²) in [5, 5.41) is 17.9. The maximum absolute atomic E-state index is 8.96. The summed E-state index contributed by atoms with van der Waals surface area (Å²) in [6.45, 7) is 4.77. The lowest BCUT2D eigenvalue weighted by Crippen LogP contribution is -2.37. The number of morpholine rings is 1. The second kappa shape index (κ2) is 6.85. The minimum Gasteiger partial charge on any atom is -0.423 e. The zero-order chi connectivity index (χ0) is 12.8. The molecule has 2 N–H and O–H groups in total. The van der Waals surface area contributed by atoms with Crippen LogP contribution in [0.15, 0.2) is 18.3 Å². The van der Waals surface area contributed by atoms with Crippen LogP contribution >= 0.6 is 0 Å². The van der Waals surface area contributed by atoms with Gasteiger partial charge < -0.3 is 14.8 Å². The van der Waals surface area contributed by atoms with Gasteiger partial charge >= 0.3 is 7.12 Å². The predicted molar refractivity (Wildman–Crippen MR) is 69.6 cm³/mol. The maximum Gasteiger partial charge on any atom is 0.490 e. The van der Waals surface area contributed by atoms with Gasteiger partial charge in [0.05, 0.1) is 13.2 Å². The Hall–Kier alpha value is -0.945. The second-order valence-electron chi connectivity index (χ2n) is 4.51. The smallest absolute Gasteiger partial charge is 0.423 e. The quantitative estimate of drug-likeness (QED) is 0.658. The van der Waals surface area contributed by atoms with Gasteiger partial charge in [0.15, 0.2) is 0 Å². The molecule has 0 amide bonds. The first-order chi connectivity index (χ1) is 8.75. The van der Waals surface area contributed by atoms with Crippen LogP contribution in [0, 0.1) is 0 Å². The molecule has 0 aromatic carbocycles. The molecule has 0 aliphatic carbocycles. The fraction of sp³-hybridized carbons (Fsp3) is 0.583. The van der Waals surface area contributed by atoms with Crippen LogP contribution in [0.2, 0.25) is 0 Å². The Balaban J connectivity index is 1.72. The predicted octanol–water partition coefficient (Wildman–Crippen LogP) is -0.974. The van der Waals surface area contributed by atoms with Crippen molar-refractivity contribution in [1.82, 2.24) is 9.88 Å². The summed E-state index contributed by atoms with van der Waals surface area (Å²) in [6.07, 6.45) is 3.50. The summed E-state index contributed by atoms with van der Waals surface area (Å²) in [6, 6.07) is 3.57. The average molecular weight is 250 g/mol. The molecule has 0 unspecified atom stereocenters. The Morgan fingerprint density at radius 3 is 2.67 bits per heavy atom. The van der Waals surface area contributed by atoms with E-state index in [4.69, 9.17) is 14.8 Å². The van der Waals surface area contributed by atoms with Crippen molar-refractivity contribution in [1.29, 1.82) is 0 Å². The molecule has 1 aromatic heterocycles. The van der Waals surface area contributed by atoms with E-state index in [2.05, 4.69) is 9.88 Å². The number of hydrogen-bond donors (Lipinski definition) is 2. The van der Waals surface area contributed by atoms with E-state index in [0.717, 1.165) is 51.4 Å². The molecule has 1 fully saturated rings. The first-order valence-electron chi connectivity index (χ1n) is 6.37. The highest BCUT2D eigenvalue weighted by molar-refractivity contribution is 6.58. The van der Waals surface area contributed by atoms with Crippen molar-refractivity contribution in [3.8, 4) is 0 Å². The number of nitrogens with zero attached hydrogens (tertiary/aromatic N) is 2. The Morgan fingerprint density at radius 1 is 1.28 bits per heavy atom. The molecule has 0 spiro atoms. The summed E-state index contributed by atoms with van der Waals surface area (Å²) in [5.41, 5.74) is 1.43. The topological polar surface area (TPSA) is 65.8 Å². The van der Waals surface area contributed by atoms with Gasteiger partial charge in [-0.25, -0.2) is 0 Å². The molecule has 18 heavy (non-hydrogen) atoms. The molecule has 2 heterocycles. The second-order valence-corrected chi connectivity index (χ2v) is 4.51. The molecule has 0 bridgehead atoms. The molecular weight excluding hydrogens is 231 g/mol. The highest BCUT2D eigenvalue weighted by atomic mass is 16.5. The van der Waals surface area contributed by atoms with E-state index in [-0.39, 0.29) is 0 Å². The van der Waals surface area contributed by atoms with Crippen molar-refractivity contribution in [2.24, 2.45) is 0 Å². The van der Waals surface area contributed by atoms with Gasteiger partial charge in [-0.05, 0) is 25.5 Å². The molecule has 1 aliphatic rings. The third kappa shape index (κ3) is 4.06. The Kier molecular flexibility index (Phi) is 5.13. The van der Waals surface area contributed by atoms with Crippen LogP contribution in [0.4, 0.5) is 0 Å². The lowest BCUT2D eigenvalue weighted by atomic mass is 9.81. The zero-order valence-electron chi connectivity index (χ0n) is 10.5. The van der Waals surface area contributed by atoms with Gasteiger partial charge in [0.2, 0.25) is 0 Å². The highest BCUT2D eigenvalue weighted by Gasteiger charge is 2.11. The minimum atomic E-state index is -1.43. The van der Waals surface area contributed by atoms with Gasteiger partial charge in [-0.3, -0.25) is 9.88 Å². The fourth-order valence-electron chi connectivity index (χ4n) is 2.05. The highest BCUT2D eigenvalue weighted by Crippen LogP contribution is 2.02. The van der Waals surface area contributed by atoms with Gasteiger partial charge in [-0.15, -0.1) is 0 Å². The number of hydrogen-bond acceptors (Lipinski definition) is 5. The van der Waals surface area contributed by atoms with Crippen LogP contribution < -0.4 is 5.46 Å². The summed E-state index contributed by atoms with van der Waals surface area (Å²) >= 11 is 0. The van der Waals surface area contributed by atoms with Crippen molar-refractivity contribution in [2.75, 3.05) is 32.8 Å². The molecule has 1 aliphatic heterocycles. The summed E-state index contributed by atoms with van der Waals surface area (Å²) in [4.78, 5) is 6.62. The first kappa shape index (κ1) is 13.5. The Labute approximate surface area is 108 Å². The minimum absolute atomic E-state index is 0.437. The standard InChI is InChI=1S/C12H19BN2O3/c16-13(17)11-3-4-12(14-10-11)2-1-5-15-6-8-18-9-7-15/h3-4,10,16-17H,1-2,5-9H2. The van der Waals surface area contributed by atoms with Crippen LogP contribution in [0.3, 0.4) is 0 Å². The van der Waals surface area contributed by atoms with Gasteiger partial charge in [0.25, 0.3) is 0 Å². The van der Waals surface area contributed by atoms with Crippen LogP contribution in [0.1, 0.15) is 12.1 Å². The van der Waals surface area contributed by atoms with Crippen molar-refractivity contribution >= 4 is 12.6 Å². The van der Waals surface area contributed by atoms with E-state index in [1.54, 1.807) is 6.07 Å². The van der Waals surface area contributed by atoms with Crippen LogP contribution in [0.5, 0.6) is 0 Å². The number of aryl methyl sites for hydroxylation is 1. The summed E-state index contributed by atoms with van der Waals surface area (Å²) < 4.78 is 5.30. The SMILES string of the molecule is OB(O)c1ccc(CCCN2CCOCC2)nc1. The van der Waals surface area contributed by atoms with E-state index in [1.165, 1.54) is 6.20 Å². The van der Waals surface area contributed by atoms with E-state index >= 15 is 0 Å². The lowest BCUT2D eigenvalue weighted by molar-refractivity contribution is 0.0374. The van der Waals surface area contributed by atoms with Crippen LogP contribution in [-0.2, 0) is 11.2 Å². The number of aromatic nitrogens is 1. The molecule has 5 nitrogen and oxygen atoms in total. The molecule has 6 heteroatoms. The largest absolute Gasteiger partial charge is 0.490 e. The Bertz CT molecular complexity index is 353. The van der Waals surface area contributed by atoms with E-state index in [0.29, 0.717) is 5.46 Å². The van der Waals surface area contributed by atoms with Crippen molar-refractivity contribution < 1.29 is 14.8 Å². The average Bonchev–Trinajstić information content (AvgIpc) is 2.40. The number of pyridine rings is 1. The number of rotatable bonds is 5. The molecule has 2 rings (SSSR count). The van der Waals surface area contributed by atoms with Crippen molar-refractivity contribution in [3.63, 3.8) is 0 Å². The zero-order valence-corrected chi connectivity index (χ0v) is 10.5. The number of ether oxygens (including phenoxy) is 1. The third-order valence-electron chi connectivity index (χ3n) is 3.16. The molecular formula is C12H19BN2O3. The normalized spacial score (nSPS) is 16.8. The lowest BCUT2D eigenvalue weighted by Gasteiger charge is -2.26. The molecule has 1 aromatic rings. The van der Waals surface area contributed by atoms with Crippen LogP contribution in [-0.4, -0.2) is 59.9 Å². The molecule has 98 valence electrons. The fourth-order valence-corrected chi connectivity index (χ4v) is 2.05. The van der Waals surface area contributed by atoms with Crippen LogP contribution in [0.25, 0.3) is 0 Å². The van der Waals surface area contributed by atoms with E-state index in [9.17, 15) is 0 Å². The maximum atomic E-state index is 8.96. The van der Waals surface area contributed by atoms with Crippen molar-refractivity contribution in [2.45, 2.75) is 12.8 Å². The Morgan fingerprint density at radius 2 is 2.06 bits per heavy atom. The summed E-state index contributed by atoms with van der Waals surface area (Å²) in [7, 11) is -1.43.